The predicted octanol–water partition coefficient (Wildman–Crippen LogP) is 26.6. The van der Waals surface area contributed by atoms with Crippen LogP contribution >= 0.6 is 15.6 Å². The van der Waals surface area contributed by atoms with Gasteiger partial charge in [-0.25, -0.2) is 9.13 Å². The number of aliphatic hydroxyl groups is 1. The molecule has 0 aromatic rings. The molecule has 5 atom stereocenters. The van der Waals surface area contributed by atoms with E-state index < -0.39 is 97.5 Å². The number of hydrogen-bond acceptors (Lipinski definition) is 15. The molecule has 0 aliphatic heterocycles. The highest BCUT2D eigenvalue weighted by Gasteiger charge is 2.30. The van der Waals surface area contributed by atoms with Crippen molar-refractivity contribution in [3.63, 3.8) is 0 Å². The third-order valence-corrected chi connectivity index (χ3v) is 22.4. The third kappa shape index (κ3) is 80.1. The molecular formula is C87H170O17P2. The summed E-state index contributed by atoms with van der Waals surface area (Å²) in [7, 11) is -9.92. The lowest BCUT2D eigenvalue weighted by atomic mass is 10.0. The van der Waals surface area contributed by atoms with Gasteiger partial charge < -0.3 is 33.8 Å². The molecular weight excluding hydrogens is 1380 g/mol. The summed E-state index contributed by atoms with van der Waals surface area (Å²) in [6, 6.07) is 0. The molecule has 2 unspecified atom stereocenters. The highest BCUT2D eigenvalue weighted by Crippen LogP contribution is 2.45. The molecule has 0 fully saturated rings. The quantitative estimate of drug-likeness (QED) is 0.0222. The molecule has 0 aliphatic rings. The van der Waals surface area contributed by atoms with Crippen molar-refractivity contribution in [3.05, 3.63) is 0 Å². The number of aliphatic hydroxyl groups excluding tert-OH is 1. The number of carbonyl (C=O) groups is 4. The van der Waals surface area contributed by atoms with E-state index in [9.17, 15) is 43.2 Å². The summed E-state index contributed by atoms with van der Waals surface area (Å²) in [6.07, 6.45) is 71.0. The number of phosphoric acid groups is 2. The van der Waals surface area contributed by atoms with Gasteiger partial charge in [0.1, 0.15) is 19.3 Å². The summed E-state index contributed by atoms with van der Waals surface area (Å²) in [4.78, 5) is 73.2. The van der Waals surface area contributed by atoms with Crippen molar-refractivity contribution in [2.45, 2.75) is 484 Å². The maximum absolute atomic E-state index is 13.1. The minimum atomic E-state index is -4.97. The minimum absolute atomic E-state index is 0.108. The molecule has 0 aromatic heterocycles. The van der Waals surface area contributed by atoms with Crippen LogP contribution in [0.4, 0.5) is 0 Å². The molecule has 0 saturated carbocycles. The Labute approximate surface area is 651 Å². The molecule has 3 N–H and O–H groups in total. The van der Waals surface area contributed by atoms with Crippen LogP contribution in [0, 0.1) is 11.8 Å². The monoisotopic (exact) mass is 1550 g/mol. The molecule has 17 nitrogen and oxygen atoms in total. The molecule has 19 heteroatoms. The Kier molecular flexibility index (Phi) is 76.9. The average molecular weight is 1550 g/mol. The van der Waals surface area contributed by atoms with Crippen molar-refractivity contribution in [1.82, 2.24) is 0 Å². The van der Waals surface area contributed by atoms with E-state index in [0.717, 1.165) is 108 Å². The van der Waals surface area contributed by atoms with Crippen LogP contribution < -0.4 is 0 Å². The van der Waals surface area contributed by atoms with Gasteiger partial charge in [0.2, 0.25) is 0 Å². The number of ether oxygens (including phenoxy) is 4. The molecule has 0 bridgehead atoms. The third-order valence-electron chi connectivity index (χ3n) is 20.5. The lowest BCUT2D eigenvalue weighted by molar-refractivity contribution is -0.161. The van der Waals surface area contributed by atoms with Crippen LogP contribution in [-0.4, -0.2) is 96.7 Å². The number of carbonyl (C=O) groups excluding carboxylic acids is 4. The van der Waals surface area contributed by atoms with Crippen LogP contribution in [-0.2, 0) is 65.4 Å². The van der Waals surface area contributed by atoms with E-state index in [1.165, 1.54) is 276 Å². The van der Waals surface area contributed by atoms with Gasteiger partial charge in [0.25, 0.3) is 0 Å². The SMILES string of the molecule is CCCCCCCCCCCCCCCCCCCCCCCC(=O)O[C@H](COC(=O)CCCCCCCCCCCCCCCCCCC(C)C)COP(=O)(O)OC[C@@H](O)COP(=O)(O)OC[C@@H](COC(=O)CCCCCCCCCC)OC(=O)CCCCCCCCCCCCCCCCCC(C)C. The molecule has 0 spiro atoms. The van der Waals surface area contributed by atoms with Gasteiger partial charge in [-0.05, 0) is 37.5 Å². The molecule has 630 valence electrons. The van der Waals surface area contributed by atoms with Crippen LogP contribution in [0.5, 0.6) is 0 Å². The molecule has 106 heavy (non-hydrogen) atoms. The number of unbranched alkanes of at least 4 members (excludes halogenated alkanes) is 56. The second-order valence-electron chi connectivity index (χ2n) is 32.2. The summed E-state index contributed by atoms with van der Waals surface area (Å²) in [5, 5.41) is 10.7. The van der Waals surface area contributed by atoms with Crippen molar-refractivity contribution in [1.29, 1.82) is 0 Å². The number of rotatable bonds is 86. The lowest BCUT2D eigenvalue weighted by Crippen LogP contribution is -2.30. The van der Waals surface area contributed by atoms with Crippen LogP contribution in [0.25, 0.3) is 0 Å². The highest BCUT2D eigenvalue weighted by atomic mass is 31.2. The Hall–Kier alpha value is -1.94. The molecule has 0 radical (unpaired) electrons. The molecule has 0 amide bonds. The number of esters is 4. The zero-order chi connectivity index (χ0) is 77.8. The van der Waals surface area contributed by atoms with E-state index in [4.69, 9.17) is 37.0 Å². The maximum atomic E-state index is 13.1. The Morgan fingerprint density at radius 1 is 0.255 bits per heavy atom. The van der Waals surface area contributed by atoms with E-state index >= 15 is 0 Å². The van der Waals surface area contributed by atoms with Crippen LogP contribution in [0.15, 0.2) is 0 Å². The first-order valence-corrected chi connectivity index (χ1v) is 48.0. The Balaban J connectivity index is 5.18. The van der Waals surface area contributed by atoms with Gasteiger partial charge >= 0.3 is 39.5 Å². The summed E-state index contributed by atoms with van der Waals surface area (Å²) in [5.41, 5.74) is 0. The van der Waals surface area contributed by atoms with Gasteiger partial charge in [0.05, 0.1) is 26.4 Å². The zero-order valence-corrected chi connectivity index (χ0v) is 71.5. The fraction of sp³-hybridized carbons (Fsp3) is 0.954. The topological polar surface area (TPSA) is 237 Å². The van der Waals surface area contributed by atoms with Gasteiger partial charge in [0.15, 0.2) is 12.2 Å². The fourth-order valence-electron chi connectivity index (χ4n) is 13.6. The first-order valence-electron chi connectivity index (χ1n) is 45.0. The van der Waals surface area contributed by atoms with Gasteiger partial charge in [-0.2, -0.15) is 0 Å². The Bertz CT molecular complexity index is 2030. The zero-order valence-electron chi connectivity index (χ0n) is 69.7. The number of hydrogen-bond donors (Lipinski definition) is 3. The standard InChI is InChI=1S/C87H170O17P2/c1-7-9-11-13-15-17-18-19-20-21-22-23-24-25-32-37-42-47-53-59-65-72-87(92)104-83(76-98-85(90)70-64-58-52-46-41-36-31-27-26-29-34-39-44-49-55-61-67-79(3)4)78-102-106(95,96)100-74-81(88)73-99-105(93,94)101-77-82(75-97-84(89)69-63-57-51-16-14-12-10-8-2)103-86(91)71-66-60-54-48-43-38-33-28-30-35-40-45-50-56-62-68-80(5)6/h79-83,88H,7-78H2,1-6H3,(H,93,94)(H,95,96)/t81-,82+,83+/m0/s1. The van der Waals surface area contributed by atoms with E-state index in [-0.39, 0.29) is 25.7 Å². The molecule has 0 rings (SSSR count). The molecule has 0 aliphatic carbocycles. The molecule has 0 saturated heterocycles. The van der Waals surface area contributed by atoms with E-state index in [0.29, 0.717) is 25.7 Å². The lowest BCUT2D eigenvalue weighted by Gasteiger charge is -2.21. The predicted molar refractivity (Wildman–Crippen MR) is 437 cm³/mol. The van der Waals surface area contributed by atoms with Gasteiger partial charge in [-0.1, -0.05) is 414 Å². The van der Waals surface area contributed by atoms with Crippen molar-refractivity contribution in [3.8, 4) is 0 Å². The van der Waals surface area contributed by atoms with E-state index in [1.807, 2.05) is 0 Å². The first kappa shape index (κ1) is 104. The largest absolute Gasteiger partial charge is 0.472 e. The molecule has 0 heterocycles. The Morgan fingerprint density at radius 2 is 0.434 bits per heavy atom. The van der Waals surface area contributed by atoms with Crippen molar-refractivity contribution >= 4 is 39.5 Å². The smallest absolute Gasteiger partial charge is 0.462 e. The second kappa shape index (κ2) is 78.3. The van der Waals surface area contributed by atoms with Gasteiger partial charge in [-0.3, -0.25) is 37.3 Å². The van der Waals surface area contributed by atoms with E-state index in [1.54, 1.807) is 0 Å². The van der Waals surface area contributed by atoms with Crippen molar-refractivity contribution in [2.75, 3.05) is 39.6 Å². The summed E-state index contributed by atoms with van der Waals surface area (Å²) >= 11 is 0. The minimum Gasteiger partial charge on any atom is -0.462 e. The maximum Gasteiger partial charge on any atom is 0.472 e. The number of phosphoric ester groups is 2. The van der Waals surface area contributed by atoms with Gasteiger partial charge in [0, 0.05) is 25.7 Å². The summed E-state index contributed by atoms with van der Waals surface area (Å²) in [6.45, 7) is 9.71. The normalized spacial score (nSPS) is 13.8. The first-order chi connectivity index (χ1) is 51.4. The van der Waals surface area contributed by atoms with E-state index in [2.05, 4.69) is 41.5 Å². The van der Waals surface area contributed by atoms with Gasteiger partial charge in [-0.15, -0.1) is 0 Å². The Morgan fingerprint density at radius 3 is 0.642 bits per heavy atom. The molecule has 0 aromatic carbocycles. The second-order valence-corrected chi connectivity index (χ2v) is 35.1. The van der Waals surface area contributed by atoms with Crippen molar-refractivity contribution < 1.29 is 80.2 Å². The summed E-state index contributed by atoms with van der Waals surface area (Å²) in [5.74, 6) is -0.488. The highest BCUT2D eigenvalue weighted by molar-refractivity contribution is 7.47. The van der Waals surface area contributed by atoms with Crippen LogP contribution in [0.1, 0.15) is 465 Å². The van der Waals surface area contributed by atoms with Crippen LogP contribution in [0.3, 0.4) is 0 Å². The average Bonchev–Trinajstić information content (AvgIpc) is 0.901. The summed E-state index contributed by atoms with van der Waals surface area (Å²) < 4.78 is 68.8. The van der Waals surface area contributed by atoms with Crippen LogP contribution in [0.2, 0.25) is 0 Å². The van der Waals surface area contributed by atoms with Crippen molar-refractivity contribution in [2.24, 2.45) is 11.8 Å². The fourth-order valence-corrected chi connectivity index (χ4v) is 15.2.